The van der Waals surface area contributed by atoms with Gasteiger partial charge in [0.15, 0.2) is 0 Å². The highest BCUT2D eigenvalue weighted by atomic mass is 16.5. The zero-order chi connectivity index (χ0) is 17.6. The molecule has 7 heteroatoms. The Morgan fingerprint density at radius 2 is 1.88 bits per heavy atom. The molecule has 0 saturated carbocycles. The summed E-state index contributed by atoms with van der Waals surface area (Å²) in [6.45, 7) is 0.518. The topological polar surface area (TPSA) is 86.1 Å². The number of anilines is 1. The van der Waals surface area contributed by atoms with Crippen molar-refractivity contribution in [2.45, 2.75) is 6.54 Å². The van der Waals surface area contributed by atoms with Crippen LogP contribution in [0.1, 0.15) is 26.4 Å². The van der Waals surface area contributed by atoms with Crippen molar-refractivity contribution in [3.63, 3.8) is 0 Å². The van der Waals surface area contributed by atoms with Gasteiger partial charge in [0.05, 0.1) is 36.8 Å². The van der Waals surface area contributed by atoms with Gasteiger partial charge in [-0.05, 0) is 36.4 Å². The number of hydrogen-bond donors (Lipinski definition) is 1. The molecule has 3 aromatic rings. The first-order valence-corrected chi connectivity index (χ1v) is 7.58. The number of ether oxygens (including phenoxy) is 1. The molecule has 2 aromatic heterocycles. The van der Waals surface area contributed by atoms with E-state index in [4.69, 9.17) is 0 Å². The van der Waals surface area contributed by atoms with Gasteiger partial charge in [-0.3, -0.25) is 14.5 Å². The second-order valence-electron chi connectivity index (χ2n) is 5.27. The molecule has 0 bridgehead atoms. The summed E-state index contributed by atoms with van der Waals surface area (Å²) >= 11 is 0. The van der Waals surface area contributed by atoms with Gasteiger partial charge in [0.1, 0.15) is 0 Å². The lowest BCUT2D eigenvalue weighted by Gasteiger charge is -2.04. The summed E-state index contributed by atoms with van der Waals surface area (Å²) in [5.74, 6) is -0.725. The van der Waals surface area contributed by atoms with Gasteiger partial charge in [0.25, 0.3) is 5.91 Å². The summed E-state index contributed by atoms with van der Waals surface area (Å²) in [6, 6.07) is 11.9. The minimum absolute atomic E-state index is 0.284. The number of amides is 1. The maximum absolute atomic E-state index is 12.3. The molecule has 0 fully saturated rings. The van der Waals surface area contributed by atoms with Crippen LogP contribution in [-0.2, 0) is 11.3 Å². The van der Waals surface area contributed by atoms with Crippen molar-refractivity contribution >= 4 is 17.6 Å². The summed E-state index contributed by atoms with van der Waals surface area (Å²) in [5, 5.41) is 6.98. The number of carbonyl (C=O) groups is 2. The van der Waals surface area contributed by atoms with Gasteiger partial charge in [0.2, 0.25) is 0 Å². The molecule has 7 nitrogen and oxygen atoms in total. The largest absolute Gasteiger partial charge is 0.465 e. The number of pyridine rings is 1. The van der Waals surface area contributed by atoms with Gasteiger partial charge in [-0.15, -0.1) is 0 Å². The highest BCUT2D eigenvalue weighted by molar-refractivity contribution is 6.04. The molecule has 0 aliphatic carbocycles. The molecule has 0 aliphatic heterocycles. The molecule has 25 heavy (non-hydrogen) atoms. The van der Waals surface area contributed by atoms with Gasteiger partial charge < -0.3 is 10.1 Å². The van der Waals surface area contributed by atoms with Gasteiger partial charge >= 0.3 is 5.97 Å². The number of nitrogens with one attached hydrogen (secondary N) is 1. The number of hydrogen-bond acceptors (Lipinski definition) is 5. The fourth-order valence-corrected chi connectivity index (χ4v) is 2.25. The van der Waals surface area contributed by atoms with Crippen molar-refractivity contribution in [3.05, 3.63) is 77.9 Å². The fraction of sp³-hybridized carbons (Fsp3) is 0.111. The Morgan fingerprint density at radius 1 is 1.12 bits per heavy atom. The van der Waals surface area contributed by atoms with Crippen LogP contribution in [0.15, 0.2) is 61.1 Å². The van der Waals surface area contributed by atoms with E-state index >= 15 is 0 Å². The lowest BCUT2D eigenvalue weighted by Crippen LogP contribution is -2.12. The van der Waals surface area contributed by atoms with E-state index in [0.717, 1.165) is 5.69 Å². The third kappa shape index (κ3) is 4.08. The van der Waals surface area contributed by atoms with E-state index in [9.17, 15) is 9.59 Å². The van der Waals surface area contributed by atoms with Crippen molar-refractivity contribution in [2.24, 2.45) is 0 Å². The normalized spacial score (nSPS) is 10.3. The van der Waals surface area contributed by atoms with E-state index in [1.165, 1.54) is 7.11 Å². The maximum Gasteiger partial charge on any atom is 0.337 e. The number of nitrogens with zero attached hydrogens (tertiary/aromatic N) is 3. The maximum atomic E-state index is 12.3. The first-order chi connectivity index (χ1) is 12.2. The monoisotopic (exact) mass is 336 g/mol. The third-order valence-electron chi connectivity index (χ3n) is 3.51. The molecule has 0 atom stereocenters. The van der Waals surface area contributed by atoms with E-state index in [-0.39, 0.29) is 5.91 Å². The average molecular weight is 336 g/mol. The van der Waals surface area contributed by atoms with Crippen LogP contribution in [0.25, 0.3) is 0 Å². The van der Waals surface area contributed by atoms with Crippen LogP contribution in [0.4, 0.5) is 5.69 Å². The number of aromatic nitrogens is 3. The van der Waals surface area contributed by atoms with Crippen LogP contribution < -0.4 is 5.32 Å². The van der Waals surface area contributed by atoms with Crippen LogP contribution in [0.5, 0.6) is 0 Å². The molecule has 1 aromatic carbocycles. The molecule has 0 unspecified atom stereocenters. The van der Waals surface area contributed by atoms with E-state index < -0.39 is 5.97 Å². The van der Waals surface area contributed by atoms with E-state index in [1.54, 1.807) is 47.5 Å². The van der Waals surface area contributed by atoms with E-state index in [2.05, 4.69) is 20.1 Å². The summed E-state index contributed by atoms with van der Waals surface area (Å²) in [7, 11) is 1.31. The molecule has 1 amide bonds. The van der Waals surface area contributed by atoms with Gasteiger partial charge in [-0.25, -0.2) is 4.79 Å². The number of esters is 1. The van der Waals surface area contributed by atoms with Crippen LogP contribution in [-0.4, -0.2) is 33.8 Å². The second kappa shape index (κ2) is 7.39. The molecule has 0 spiro atoms. The van der Waals surface area contributed by atoms with Crippen molar-refractivity contribution in [1.82, 2.24) is 14.8 Å². The Kier molecular flexibility index (Phi) is 4.84. The summed E-state index contributed by atoms with van der Waals surface area (Å²) in [6.07, 6.45) is 5.03. The number of rotatable bonds is 5. The summed E-state index contributed by atoms with van der Waals surface area (Å²) < 4.78 is 6.32. The summed E-state index contributed by atoms with van der Waals surface area (Å²) in [4.78, 5) is 27.9. The Balaban J connectivity index is 1.64. The molecular formula is C18H16N4O3. The van der Waals surface area contributed by atoms with Crippen LogP contribution in [0, 0.1) is 0 Å². The standard InChI is InChI=1S/C18H16N4O3/c1-25-18(24)14-7-5-13(6-8-14)17(23)21-16-10-20-22(12-16)11-15-4-2-3-9-19-15/h2-10,12H,11H2,1H3,(H,21,23). The Morgan fingerprint density at radius 3 is 2.56 bits per heavy atom. The lowest BCUT2D eigenvalue weighted by molar-refractivity contribution is 0.0600. The van der Waals surface area contributed by atoms with Crippen molar-refractivity contribution in [1.29, 1.82) is 0 Å². The Bertz CT molecular complexity index is 873. The minimum atomic E-state index is -0.442. The molecule has 0 saturated heterocycles. The van der Waals surface area contributed by atoms with Gasteiger partial charge in [-0.1, -0.05) is 6.07 Å². The van der Waals surface area contributed by atoms with Crippen LogP contribution in [0.3, 0.4) is 0 Å². The SMILES string of the molecule is COC(=O)c1ccc(C(=O)Nc2cnn(Cc3ccccn3)c2)cc1. The molecule has 3 rings (SSSR count). The summed E-state index contributed by atoms with van der Waals surface area (Å²) in [5.41, 5.74) is 2.28. The quantitative estimate of drug-likeness (QED) is 0.723. The average Bonchev–Trinajstić information content (AvgIpc) is 3.08. The fourth-order valence-electron chi connectivity index (χ4n) is 2.25. The van der Waals surface area contributed by atoms with Crippen molar-refractivity contribution < 1.29 is 14.3 Å². The first kappa shape index (κ1) is 16.4. The molecule has 0 aliphatic rings. The third-order valence-corrected chi connectivity index (χ3v) is 3.51. The lowest BCUT2D eigenvalue weighted by atomic mass is 10.1. The van der Waals surface area contributed by atoms with E-state index in [0.29, 0.717) is 23.4 Å². The second-order valence-corrected chi connectivity index (χ2v) is 5.27. The van der Waals surface area contributed by atoms with Crippen molar-refractivity contribution in [2.75, 3.05) is 12.4 Å². The highest BCUT2D eigenvalue weighted by Crippen LogP contribution is 2.11. The van der Waals surface area contributed by atoms with Crippen LogP contribution >= 0.6 is 0 Å². The molecule has 0 radical (unpaired) electrons. The highest BCUT2D eigenvalue weighted by Gasteiger charge is 2.10. The minimum Gasteiger partial charge on any atom is -0.465 e. The molecular weight excluding hydrogens is 320 g/mol. The predicted molar refractivity (Wildman–Crippen MR) is 91.3 cm³/mol. The molecule has 2 heterocycles. The van der Waals surface area contributed by atoms with Crippen LogP contribution in [0.2, 0.25) is 0 Å². The van der Waals surface area contributed by atoms with Gasteiger partial charge in [0, 0.05) is 18.0 Å². The Labute approximate surface area is 144 Å². The zero-order valence-electron chi connectivity index (χ0n) is 13.5. The van der Waals surface area contributed by atoms with Crippen molar-refractivity contribution in [3.8, 4) is 0 Å². The number of carbonyl (C=O) groups excluding carboxylic acids is 2. The number of benzene rings is 1. The predicted octanol–water partition coefficient (Wildman–Crippen LogP) is 2.37. The number of methoxy groups -OCH3 is 1. The van der Waals surface area contributed by atoms with Gasteiger partial charge in [-0.2, -0.15) is 5.10 Å². The van der Waals surface area contributed by atoms with E-state index in [1.807, 2.05) is 18.2 Å². The molecule has 126 valence electrons. The smallest absolute Gasteiger partial charge is 0.337 e. The first-order valence-electron chi connectivity index (χ1n) is 7.58. The molecule has 1 N–H and O–H groups in total. The Hall–Kier alpha value is -3.48. The zero-order valence-corrected chi connectivity index (χ0v) is 13.5.